The predicted octanol–water partition coefficient (Wildman–Crippen LogP) is 2.18. The van der Waals surface area contributed by atoms with Gasteiger partial charge in [0.05, 0.1) is 0 Å². The first-order valence-corrected chi connectivity index (χ1v) is 8.48. The third kappa shape index (κ3) is 3.93. The lowest BCUT2D eigenvalue weighted by Crippen LogP contribution is -2.41. The number of nitrogens with zero attached hydrogens (tertiary/aromatic N) is 2. The fourth-order valence-corrected chi connectivity index (χ4v) is 4.13. The number of nitrogens with one attached hydrogen (secondary N) is 1. The van der Waals surface area contributed by atoms with Crippen LogP contribution in [0.15, 0.2) is 0 Å². The smallest absolute Gasteiger partial charge is 0.0235 e. The van der Waals surface area contributed by atoms with Gasteiger partial charge < -0.3 is 10.2 Å². The van der Waals surface area contributed by atoms with Crippen LogP contribution in [-0.2, 0) is 0 Å². The van der Waals surface area contributed by atoms with Crippen molar-refractivity contribution in [1.29, 1.82) is 0 Å². The topological polar surface area (TPSA) is 18.5 Å². The minimum absolute atomic E-state index is 0.789. The Morgan fingerprint density at radius 2 is 1.89 bits per heavy atom. The Labute approximate surface area is 119 Å². The van der Waals surface area contributed by atoms with Crippen LogP contribution in [0.4, 0.5) is 0 Å². The van der Waals surface area contributed by atoms with Gasteiger partial charge in [0.1, 0.15) is 0 Å². The van der Waals surface area contributed by atoms with E-state index < -0.39 is 0 Å². The van der Waals surface area contributed by atoms with E-state index in [-0.39, 0.29) is 0 Å². The summed E-state index contributed by atoms with van der Waals surface area (Å²) in [6, 6.07) is 1.60. The van der Waals surface area contributed by atoms with Gasteiger partial charge in [-0.1, -0.05) is 27.2 Å². The van der Waals surface area contributed by atoms with Gasteiger partial charge in [-0.3, -0.25) is 4.90 Å². The summed E-state index contributed by atoms with van der Waals surface area (Å²) < 4.78 is 0. The van der Waals surface area contributed by atoms with Crippen LogP contribution in [0.25, 0.3) is 0 Å². The highest BCUT2D eigenvalue weighted by molar-refractivity contribution is 4.89. The quantitative estimate of drug-likeness (QED) is 0.763. The minimum atomic E-state index is 0.789. The van der Waals surface area contributed by atoms with Crippen molar-refractivity contribution in [3.05, 3.63) is 0 Å². The van der Waals surface area contributed by atoms with Crippen LogP contribution < -0.4 is 5.32 Å². The van der Waals surface area contributed by atoms with Gasteiger partial charge in [-0.05, 0) is 51.4 Å². The van der Waals surface area contributed by atoms with Gasteiger partial charge in [0.25, 0.3) is 0 Å². The Morgan fingerprint density at radius 3 is 2.58 bits per heavy atom. The molecule has 0 aromatic rings. The van der Waals surface area contributed by atoms with Crippen molar-refractivity contribution >= 4 is 0 Å². The van der Waals surface area contributed by atoms with Crippen molar-refractivity contribution in [2.75, 3.05) is 39.3 Å². The standard InChI is InChI=1S/C16H33N3/c1-4-17-16-9-7-8-14(16)12-18-11-10-15(13-18)19(5-2)6-3/h14-17H,4-13H2,1-3H3. The molecule has 1 aliphatic heterocycles. The van der Waals surface area contributed by atoms with Crippen molar-refractivity contribution < 1.29 is 0 Å². The van der Waals surface area contributed by atoms with E-state index in [1.807, 2.05) is 0 Å². The molecule has 0 aromatic heterocycles. The van der Waals surface area contributed by atoms with Crippen LogP contribution in [0.1, 0.15) is 46.5 Å². The summed E-state index contributed by atoms with van der Waals surface area (Å²) in [4.78, 5) is 5.36. The number of rotatable bonds is 7. The van der Waals surface area contributed by atoms with Gasteiger partial charge in [-0.2, -0.15) is 0 Å². The van der Waals surface area contributed by atoms with Crippen molar-refractivity contribution in [2.45, 2.75) is 58.5 Å². The van der Waals surface area contributed by atoms with Crippen LogP contribution in [0, 0.1) is 5.92 Å². The second-order valence-electron chi connectivity index (χ2n) is 6.28. The van der Waals surface area contributed by atoms with E-state index in [0.717, 1.165) is 24.5 Å². The molecule has 0 aromatic carbocycles. The highest BCUT2D eigenvalue weighted by Gasteiger charge is 2.32. The van der Waals surface area contributed by atoms with Crippen molar-refractivity contribution in [2.24, 2.45) is 5.92 Å². The fraction of sp³-hybridized carbons (Fsp3) is 1.00. The zero-order valence-electron chi connectivity index (χ0n) is 13.2. The molecule has 1 N–H and O–H groups in total. The molecule has 0 amide bonds. The number of hydrogen-bond acceptors (Lipinski definition) is 3. The Balaban J connectivity index is 1.78. The lowest BCUT2D eigenvalue weighted by Gasteiger charge is -2.28. The molecule has 3 heteroatoms. The molecule has 112 valence electrons. The monoisotopic (exact) mass is 267 g/mol. The van der Waals surface area contributed by atoms with Gasteiger partial charge in [-0.15, -0.1) is 0 Å². The summed E-state index contributed by atoms with van der Waals surface area (Å²) in [6.45, 7) is 14.3. The Hall–Kier alpha value is -0.120. The maximum absolute atomic E-state index is 3.69. The summed E-state index contributed by atoms with van der Waals surface area (Å²) >= 11 is 0. The van der Waals surface area contributed by atoms with Crippen LogP contribution in [0.5, 0.6) is 0 Å². The van der Waals surface area contributed by atoms with E-state index in [4.69, 9.17) is 0 Å². The first-order valence-electron chi connectivity index (χ1n) is 8.48. The van der Waals surface area contributed by atoms with Crippen molar-refractivity contribution in [3.8, 4) is 0 Å². The molecule has 3 nitrogen and oxygen atoms in total. The van der Waals surface area contributed by atoms with E-state index in [1.165, 1.54) is 58.4 Å². The molecular weight excluding hydrogens is 234 g/mol. The summed E-state index contributed by atoms with van der Waals surface area (Å²) in [7, 11) is 0. The maximum Gasteiger partial charge on any atom is 0.0235 e. The van der Waals surface area contributed by atoms with E-state index in [9.17, 15) is 0 Å². The lowest BCUT2D eigenvalue weighted by molar-refractivity contribution is 0.196. The molecule has 0 radical (unpaired) electrons. The predicted molar refractivity (Wildman–Crippen MR) is 82.6 cm³/mol. The van der Waals surface area contributed by atoms with Crippen molar-refractivity contribution in [3.63, 3.8) is 0 Å². The zero-order valence-corrected chi connectivity index (χ0v) is 13.2. The van der Waals surface area contributed by atoms with Gasteiger partial charge in [0.2, 0.25) is 0 Å². The molecule has 0 bridgehead atoms. The van der Waals surface area contributed by atoms with Gasteiger partial charge >= 0.3 is 0 Å². The van der Waals surface area contributed by atoms with Crippen LogP contribution >= 0.6 is 0 Å². The first-order chi connectivity index (χ1) is 9.28. The first kappa shape index (κ1) is 15.3. The third-order valence-electron chi connectivity index (χ3n) is 5.19. The second-order valence-corrected chi connectivity index (χ2v) is 6.28. The number of likely N-dealkylation sites (N-methyl/N-ethyl adjacent to an activating group) is 1. The summed E-state index contributed by atoms with van der Waals surface area (Å²) in [6.07, 6.45) is 5.63. The van der Waals surface area contributed by atoms with Gasteiger partial charge in [0, 0.05) is 25.2 Å². The third-order valence-corrected chi connectivity index (χ3v) is 5.19. The summed E-state index contributed by atoms with van der Waals surface area (Å²) in [5.74, 6) is 0.899. The molecule has 2 fully saturated rings. The van der Waals surface area contributed by atoms with E-state index in [0.29, 0.717) is 0 Å². The van der Waals surface area contributed by atoms with Gasteiger partial charge in [0.15, 0.2) is 0 Å². The molecule has 19 heavy (non-hydrogen) atoms. The highest BCUT2D eigenvalue weighted by atomic mass is 15.2. The molecule has 3 unspecified atom stereocenters. The average Bonchev–Trinajstić information content (AvgIpc) is 3.03. The Morgan fingerprint density at radius 1 is 1.11 bits per heavy atom. The molecular formula is C16H33N3. The fourth-order valence-electron chi connectivity index (χ4n) is 4.13. The largest absolute Gasteiger partial charge is 0.314 e. The Kier molecular flexibility index (Phi) is 6.11. The highest BCUT2D eigenvalue weighted by Crippen LogP contribution is 2.28. The molecule has 1 heterocycles. The molecule has 1 saturated heterocycles. The lowest BCUT2D eigenvalue weighted by atomic mass is 10.0. The molecule has 2 aliphatic rings. The molecule has 0 spiro atoms. The second kappa shape index (κ2) is 7.61. The SMILES string of the molecule is CCNC1CCCC1CN1CCC(N(CC)CC)C1. The summed E-state index contributed by atoms with van der Waals surface area (Å²) in [5, 5.41) is 3.69. The molecule has 1 aliphatic carbocycles. The number of likely N-dealkylation sites (tertiary alicyclic amines) is 1. The van der Waals surface area contributed by atoms with E-state index in [2.05, 4.69) is 35.9 Å². The molecule has 2 rings (SSSR count). The van der Waals surface area contributed by atoms with Crippen LogP contribution in [-0.4, -0.2) is 61.2 Å². The van der Waals surface area contributed by atoms with E-state index >= 15 is 0 Å². The normalized spacial score (nSPS) is 32.5. The molecule has 3 atom stereocenters. The van der Waals surface area contributed by atoms with Crippen LogP contribution in [0.3, 0.4) is 0 Å². The summed E-state index contributed by atoms with van der Waals surface area (Å²) in [5.41, 5.74) is 0. The van der Waals surface area contributed by atoms with Gasteiger partial charge in [-0.25, -0.2) is 0 Å². The Bertz CT molecular complexity index is 252. The van der Waals surface area contributed by atoms with E-state index in [1.54, 1.807) is 0 Å². The number of hydrogen-bond donors (Lipinski definition) is 1. The van der Waals surface area contributed by atoms with Crippen molar-refractivity contribution in [1.82, 2.24) is 15.1 Å². The zero-order chi connectivity index (χ0) is 13.7. The van der Waals surface area contributed by atoms with Crippen LogP contribution in [0.2, 0.25) is 0 Å². The maximum atomic E-state index is 3.69. The average molecular weight is 267 g/mol. The molecule has 1 saturated carbocycles. The minimum Gasteiger partial charge on any atom is -0.314 e.